The minimum atomic E-state index is -0.669. The second kappa shape index (κ2) is 4.44. The molecule has 84 valence electrons. The lowest BCUT2D eigenvalue weighted by Gasteiger charge is -2.23. The van der Waals surface area contributed by atoms with Crippen LogP contribution in [0, 0.1) is 5.41 Å². The minimum absolute atomic E-state index is 0.258. The summed E-state index contributed by atoms with van der Waals surface area (Å²) in [7, 11) is 3.21. The van der Waals surface area contributed by atoms with Gasteiger partial charge in [0, 0.05) is 19.8 Å². The van der Waals surface area contributed by atoms with Crippen LogP contribution in [-0.2, 0) is 23.0 Å². The molecule has 1 heterocycles. The van der Waals surface area contributed by atoms with Gasteiger partial charge in [0.25, 0.3) is 0 Å². The van der Waals surface area contributed by atoms with Crippen LogP contribution in [0.3, 0.4) is 0 Å². The molecule has 2 N–H and O–H groups in total. The molecule has 1 aromatic rings. The summed E-state index contributed by atoms with van der Waals surface area (Å²) in [6.45, 7) is 2.06. The van der Waals surface area contributed by atoms with E-state index in [9.17, 15) is 4.79 Å². The fourth-order valence-corrected chi connectivity index (χ4v) is 1.49. The highest BCUT2D eigenvalue weighted by Gasteiger charge is 2.33. The van der Waals surface area contributed by atoms with E-state index in [0.29, 0.717) is 6.42 Å². The number of carbonyl (C=O) groups excluding carboxylic acids is 1. The zero-order valence-corrected chi connectivity index (χ0v) is 9.36. The predicted octanol–water partition coefficient (Wildman–Crippen LogP) is 0.101. The largest absolute Gasteiger partial charge is 0.469 e. The molecule has 0 fully saturated rings. The van der Waals surface area contributed by atoms with Crippen LogP contribution < -0.4 is 5.73 Å². The number of nitrogens with two attached hydrogens (primary N) is 1. The Bertz CT molecular complexity index is 348. The molecule has 0 spiro atoms. The maximum Gasteiger partial charge on any atom is 0.313 e. The third-order valence-electron chi connectivity index (χ3n) is 2.48. The first-order chi connectivity index (χ1) is 7.01. The van der Waals surface area contributed by atoms with Crippen molar-refractivity contribution in [2.24, 2.45) is 18.2 Å². The van der Waals surface area contributed by atoms with Gasteiger partial charge in [0.15, 0.2) is 0 Å². The average molecular weight is 211 g/mol. The molecule has 15 heavy (non-hydrogen) atoms. The number of aromatic nitrogens is 2. The van der Waals surface area contributed by atoms with Gasteiger partial charge in [0.1, 0.15) is 0 Å². The molecule has 0 saturated carbocycles. The standard InChI is InChI=1S/C10H17N3O2/c1-10(7-11,9(14)15-3)4-8-5-12-13(2)6-8/h5-6H,4,7,11H2,1-3H3. The highest BCUT2D eigenvalue weighted by molar-refractivity contribution is 5.76. The van der Waals surface area contributed by atoms with Crippen LogP contribution >= 0.6 is 0 Å². The lowest BCUT2D eigenvalue weighted by Crippen LogP contribution is -2.38. The second-order valence-electron chi connectivity index (χ2n) is 3.96. The van der Waals surface area contributed by atoms with Crippen LogP contribution in [0.25, 0.3) is 0 Å². The Morgan fingerprint density at radius 2 is 2.40 bits per heavy atom. The van der Waals surface area contributed by atoms with E-state index in [1.807, 2.05) is 13.2 Å². The first-order valence-electron chi connectivity index (χ1n) is 4.78. The van der Waals surface area contributed by atoms with Crippen LogP contribution in [0.2, 0.25) is 0 Å². The van der Waals surface area contributed by atoms with Gasteiger partial charge in [0.05, 0.1) is 18.7 Å². The molecule has 0 radical (unpaired) electrons. The van der Waals surface area contributed by atoms with E-state index in [-0.39, 0.29) is 12.5 Å². The average Bonchev–Trinajstić information content (AvgIpc) is 2.62. The van der Waals surface area contributed by atoms with Gasteiger partial charge in [-0.15, -0.1) is 0 Å². The van der Waals surface area contributed by atoms with Gasteiger partial charge < -0.3 is 10.5 Å². The van der Waals surface area contributed by atoms with Gasteiger partial charge in [-0.25, -0.2) is 0 Å². The van der Waals surface area contributed by atoms with E-state index >= 15 is 0 Å². The lowest BCUT2D eigenvalue weighted by molar-refractivity contribution is -0.151. The summed E-state index contributed by atoms with van der Waals surface area (Å²) in [5.74, 6) is -0.283. The van der Waals surface area contributed by atoms with Gasteiger partial charge in [-0.2, -0.15) is 5.10 Å². The molecule has 1 unspecified atom stereocenters. The maximum atomic E-state index is 11.5. The lowest BCUT2D eigenvalue weighted by atomic mass is 9.84. The Hall–Kier alpha value is -1.36. The van der Waals surface area contributed by atoms with Crippen molar-refractivity contribution in [3.05, 3.63) is 18.0 Å². The van der Waals surface area contributed by atoms with Crippen molar-refractivity contribution >= 4 is 5.97 Å². The zero-order valence-electron chi connectivity index (χ0n) is 9.36. The maximum absolute atomic E-state index is 11.5. The Balaban J connectivity index is 2.80. The summed E-state index contributed by atoms with van der Waals surface area (Å²) in [6, 6.07) is 0. The Morgan fingerprint density at radius 3 is 2.80 bits per heavy atom. The number of aryl methyl sites for hydroxylation is 1. The van der Waals surface area contributed by atoms with Gasteiger partial charge in [0.2, 0.25) is 0 Å². The molecular weight excluding hydrogens is 194 g/mol. The van der Waals surface area contributed by atoms with Crippen LogP contribution in [-0.4, -0.2) is 29.4 Å². The topological polar surface area (TPSA) is 70.1 Å². The molecule has 0 saturated heterocycles. The van der Waals surface area contributed by atoms with Gasteiger partial charge in [-0.05, 0) is 18.9 Å². The molecule has 0 aromatic carbocycles. The van der Waals surface area contributed by atoms with E-state index in [4.69, 9.17) is 10.5 Å². The molecule has 1 rings (SSSR count). The minimum Gasteiger partial charge on any atom is -0.469 e. The van der Waals surface area contributed by atoms with E-state index in [1.165, 1.54) is 7.11 Å². The molecule has 1 aromatic heterocycles. The molecular formula is C10H17N3O2. The SMILES string of the molecule is COC(=O)C(C)(CN)Cc1cnn(C)c1. The van der Waals surface area contributed by atoms with Gasteiger partial charge >= 0.3 is 5.97 Å². The van der Waals surface area contributed by atoms with E-state index < -0.39 is 5.41 Å². The van der Waals surface area contributed by atoms with Crippen LogP contribution in [0.15, 0.2) is 12.4 Å². The summed E-state index contributed by atoms with van der Waals surface area (Å²) in [6.07, 6.45) is 4.15. The highest BCUT2D eigenvalue weighted by atomic mass is 16.5. The second-order valence-corrected chi connectivity index (χ2v) is 3.96. The van der Waals surface area contributed by atoms with Gasteiger partial charge in [-0.1, -0.05) is 0 Å². The number of methoxy groups -OCH3 is 1. The number of ether oxygens (including phenoxy) is 1. The normalized spacial score (nSPS) is 14.7. The quantitative estimate of drug-likeness (QED) is 0.717. The summed E-state index contributed by atoms with van der Waals surface area (Å²) < 4.78 is 6.44. The molecule has 5 nitrogen and oxygen atoms in total. The Labute approximate surface area is 89.2 Å². The number of nitrogens with zero attached hydrogens (tertiary/aromatic N) is 2. The van der Waals surface area contributed by atoms with Crippen molar-refractivity contribution in [2.45, 2.75) is 13.3 Å². The third-order valence-corrected chi connectivity index (χ3v) is 2.48. The molecule has 0 aliphatic heterocycles. The fraction of sp³-hybridized carbons (Fsp3) is 0.600. The number of rotatable bonds is 4. The summed E-state index contributed by atoms with van der Waals surface area (Å²) in [5.41, 5.74) is 5.92. The van der Waals surface area contributed by atoms with Crippen LogP contribution in [0.1, 0.15) is 12.5 Å². The smallest absolute Gasteiger partial charge is 0.313 e. The summed E-state index contributed by atoms with van der Waals surface area (Å²) in [4.78, 5) is 11.5. The number of carbonyl (C=O) groups is 1. The molecule has 5 heteroatoms. The van der Waals surface area contributed by atoms with Crippen molar-refractivity contribution in [3.8, 4) is 0 Å². The molecule has 0 amide bonds. The van der Waals surface area contributed by atoms with Gasteiger partial charge in [-0.3, -0.25) is 9.48 Å². The number of hydrogen-bond acceptors (Lipinski definition) is 4. The number of hydrogen-bond donors (Lipinski definition) is 1. The third kappa shape index (κ3) is 2.56. The van der Waals surface area contributed by atoms with Crippen molar-refractivity contribution < 1.29 is 9.53 Å². The van der Waals surface area contributed by atoms with Crippen LogP contribution in [0.5, 0.6) is 0 Å². The Morgan fingerprint density at radius 1 is 1.73 bits per heavy atom. The zero-order chi connectivity index (χ0) is 11.5. The molecule has 0 bridgehead atoms. The first-order valence-corrected chi connectivity index (χ1v) is 4.78. The number of esters is 1. The highest BCUT2D eigenvalue weighted by Crippen LogP contribution is 2.22. The van der Waals surface area contributed by atoms with E-state index in [2.05, 4.69) is 5.10 Å². The van der Waals surface area contributed by atoms with E-state index in [0.717, 1.165) is 5.56 Å². The van der Waals surface area contributed by atoms with Crippen molar-refractivity contribution in [1.82, 2.24) is 9.78 Å². The summed E-state index contributed by atoms with van der Waals surface area (Å²) >= 11 is 0. The molecule has 0 aliphatic rings. The van der Waals surface area contributed by atoms with Crippen LogP contribution in [0.4, 0.5) is 0 Å². The van der Waals surface area contributed by atoms with Crippen molar-refractivity contribution in [2.75, 3.05) is 13.7 Å². The van der Waals surface area contributed by atoms with Crippen molar-refractivity contribution in [1.29, 1.82) is 0 Å². The molecule has 1 atom stereocenters. The summed E-state index contributed by atoms with van der Waals surface area (Å²) in [5, 5.41) is 4.04. The fourth-order valence-electron chi connectivity index (χ4n) is 1.49. The monoisotopic (exact) mass is 211 g/mol. The van der Waals surface area contributed by atoms with E-state index in [1.54, 1.807) is 17.8 Å². The Kier molecular flexibility index (Phi) is 3.47. The van der Waals surface area contributed by atoms with Crippen molar-refractivity contribution in [3.63, 3.8) is 0 Å². The molecule has 0 aliphatic carbocycles. The first kappa shape index (κ1) is 11.7. The predicted molar refractivity (Wildman–Crippen MR) is 56.1 cm³/mol.